The van der Waals surface area contributed by atoms with Gasteiger partial charge in [0.15, 0.2) is 0 Å². The standard InChI is InChI=1S/C12H20N4O4/c1-12(20,7-10(17)18)8-15-11(19)14-4-3-9-13-5-6-16(9)2/h5-6,20H,3-4,7-8H2,1-2H3,(H,17,18)(H2,14,15,19). The summed E-state index contributed by atoms with van der Waals surface area (Å²) in [4.78, 5) is 26.1. The molecule has 1 aromatic rings. The van der Waals surface area contributed by atoms with Gasteiger partial charge in [-0.25, -0.2) is 9.78 Å². The molecular weight excluding hydrogens is 264 g/mol. The topological polar surface area (TPSA) is 116 Å². The van der Waals surface area contributed by atoms with E-state index in [-0.39, 0.29) is 6.54 Å². The molecule has 0 aliphatic heterocycles. The molecule has 0 spiro atoms. The molecule has 1 aromatic heterocycles. The minimum absolute atomic E-state index is 0.131. The van der Waals surface area contributed by atoms with E-state index in [1.165, 1.54) is 6.92 Å². The van der Waals surface area contributed by atoms with Crippen molar-refractivity contribution in [1.82, 2.24) is 20.2 Å². The predicted octanol–water partition coefficient (Wildman–Crippen LogP) is -0.512. The van der Waals surface area contributed by atoms with E-state index in [0.29, 0.717) is 13.0 Å². The average Bonchev–Trinajstić information content (AvgIpc) is 2.71. The Morgan fingerprint density at radius 3 is 2.70 bits per heavy atom. The third-order valence-corrected chi connectivity index (χ3v) is 2.72. The quantitative estimate of drug-likeness (QED) is 0.538. The second kappa shape index (κ2) is 6.90. The molecule has 20 heavy (non-hydrogen) atoms. The largest absolute Gasteiger partial charge is 0.481 e. The van der Waals surface area contributed by atoms with Crippen LogP contribution in [-0.4, -0.2) is 50.5 Å². The van der Waals surface area contributed by atoms with E-state index < -0.39 is 24.0 Å². The second-order valence-corrected chi connectivity index (χ2v) is 4.88. The van der Waals surface area contributed by atoms with Gasteiger partial charge >= 0.3 is 12.0 Å². The lowest BCUT2D eigenvalue weighted by Crippen LogP contribution is -2.46. The maximum Gasteiger partial charge on any atom is 0.314 e. The Morgan fingerprint density at radius 2 is 2.15 bits per heavy atom. The van der Waals surface area contributed by atoms with Gasteiger partial charge in [0.2, 0.25) is 0 Å². The first-order valence-corrected chi connectivity index (χ1v) is 6.22. The molecule has 8 heteroatoms. The van der Waals surface area contributed by atoms with Crippen molar-refractivity contribution in [3.8, 4) is 0 Å². The van der Waals surface area contributed by atoms with Gasteiger partial charge in [-0.1, -0.05) is 0 Å². The molecule has 1 rings (SSSR count). The molecule has 8 nitrogen and oxygen atoms in total. The Labute approximate surface area is 116 Å². The highest BCUT2D eigenvalue weighted by Crippen LogP contribution is 2.06. The van der Waals surface area contributed by atoms with Gasteiger partial charge in [0.05, 0.1) is 12.0 Å². The fourth-order valence-electron chi connectivity index (χ4n) is 1.65. The Morgan fingerprint density at radius 1 is 1.45 bits per heavy atom. The second-order valence-electron chi connectivity index (χ2n) is 4.88. The van der Waals surface area contributed by atoms with Crippen molar-refractivity contribution in [3.05, 3.63) is 18.2 Å². The molecule has 0 radical (unpaired) electrons. The number of aliphatic hydroxyl groups is 1. The fraction of sp³-hybridized carbons (Fsp3) is 0.583. The summed E-state index contributed by atoms with van der Waals surface area (Å²) >= 11 is 0. The summed E-state index contributed by atoms with van der Waals surface area (Å²) in [5.74, 6) is -0.268. The lowest BCUT2D eigenvalue weighted by Gasteiger charge is -2.21. The number of amides is 2. The Kier molecular flexibility index (Phi) is 5.51. The average molecular weight is 284 g/mol. The third-order valence-electron chi connectivity index (χ3n) is 2.72. The first kappa shape index (κ1) is 16.0. The summed E-state index contributed by atoms with van der Waals surface area (Å²) in [5, 5.41) is 23.3. The van der Waals surface area contributed by atoms with Crippen LogP contribution in [0.5, 0.6) is 0 Å². The SMILES string of the molecule is Cn1ccnc1CCNC(=O)NCC(C)(O)CC(=O)O. The van der Waals surface area contributed by atoms with E-state index >= 15 is 0 Å². The van der Waals surface area contributed by atoms with Crippen LogP contribution >= 0.6 is 0 Å². The Balaban J connectivity index is 2.24. The number of aromatic nitrogens is 2. The van der Waals surface area contributed by atoms with Crippen molar-refractivity contribution in [2.75, 3.05) is 13.1 Å². The van der Waals surface area contributed by atoms with Gasteiger partial charge in [-0.2, -0.15) is 0 Å². The molecule has 0 aromatic carbocycles. The molecule has 2 amide bonds. The number of hydrogen-bond donors (Lipinski definition) is 4. The molecule has 4 N–H and O–H groups in total. The lowest BCUT2D eigenvalue weighted by molar-refractivity contribution is -0.141. The molecule has 0 saturated heterocycles. The smallest absolute Gasteiger partial charge is 0.314 e. The fourth-order valence-corrected chi connectivity index (χ4v) is 1.65. The van der Waals surface area contributed by atoms with Crippen LogP contribution in [0.25, 0.3) is 0 Å². The van der Waals surface area contributed by atoms with Gasteiger partial charge < -0.3 is 25.4 Å². The number of carboxylic acids is 1. The van der Waals surface area contributed by atoms with E-state index in [4.69, 9.17) is 5.11 Å². The van der Waals surface area contributed by atoms with E-state index in [1.54, 1.807) is 6.20 Å². The summed E-state index contributed by atoms with van der Waals surface area (Å²) in [5.41, 5.74) is -1.47. The van der Waals surface area contributed by atoms with Crippen molar-refractivity contribution in [2.45, 2.75) is 25.4 Å². The zero-order valence-electron chi connectivity index (χ0n) is 11.6. The van der Waals surface area contributed by atoms with E-state index in [1.807, 2.05) is 17.8 Å². The summed E-state index contributed by atoms with van der Waals surface area (Å²) in [6.45, 7) is 1.63. The van der Waals surface area contributed by atoms with Crippen molar-refractivity contribution in [2.24, 2.45) is 7.05 Å². The maximum absolute atomic E-state index is 11.5. The molecular formula is C12H20N4O4. The van der Waals surface area contributed by atoms with Gasteiger partial charge in [-0.3, -0.25) is 4.79 Å². The van der Waals surface area contributed by atoms with Gasteiger partial charge in [-0.15, -0.1) is 0 Å². The number of urea groups is 1. The normalized spacial score (nSPS) is 13.6. The summed E-state index contributed by atoms with van der Waals surface area (Å²) in [6, 6.07) is -0.454. The summed E-state index contributed by atoms with van der Waals surface area (Å²) < 4.78 is 1.86. The first-order valence-electron chi connectivity index (χ1n) is 6.22. The number of nitrogens with one attached hydrogen (secondary N) is 2. The molecule has 0 aliphatic carbocycles. The zero-order valence-corrected chi connectivity index (χ0v) is 11.6. The number of carbonyl (C=O) groups is 2. The number of rotatable bonds is 7. The molecule has 0 aliphatic rings. The van der Waals surface area contributed by atoms with Crippen LogP contribution in [0.4, 0.5) is 4.79 Å². The van der Waals surface area contributed by atoms with Crippen LogP contribution in [0.3, 0.4) is 0 Å². The number of aryl methyl sites for hydroxylation is 1. The number of hydrogen-bond acceptors (Lipinski definition) is 4. The zero-order chi connectivity index (χ0) is 15.2. The third kappa shape index (κ3) is 5.70. The number of carboxylic acid groups (broad SMARTS) is 1. The number of nitrogens with zero attached hydrogens (tertiary/aromatic N) is 2. The molecule has 0 saturated carbocycles. The van der Waals surface area contributed by atoms with Gasteiger partial charge in [0.25, 0.3) is 0 Å². The highest BCUT2D eigenvalue weighted by molar-refractivity contribution is 5.74. The van der Waals surface area contributed by atoms with Gasteiger partial charge in [-0.05, 0) is 6.92 Å². The molecule has 1 heterocycles. The summed E-state index contributed by atoms with van der Waals surface area (Å²) in [7, 11) is 1.87. The lowest BCUT2D eigenvalue weighted by atomic mass is 10.0. The van der Waals surface area contributed by atoms with Crippen LogP contribution in [-0.2, 0) is 18.3 Å². The van der Waals surface area contributed by atoms with Crippen molar-refractivity contribution in [3.63, 3.8) is 0 Å². The van der Waals surface area contributed by atoms with Crippen molar-refractivity contribution < 1.29 is 19.8 Å². The van der Waals surface area contributed by atoms with E-state index in [2.05, 4.69) is 15.6 Å². The van der Waals surface area contributed by atoms with Crippen LogP contribution < -0.4 is 10.6 Å². The first-order chi connectivity index (χ1) is 9.30. The van der Waals surface area contributed by atoms with Gasteiger partial charge in [0, 0.05) is 39.0 Å². The van der Waals surface area contributed by atoms with E-state index in [9.17, 15) is 14.7 Å². The minimum atomic E-state index is -1.47. The van der Waals surface area contributed by atoms with Crippen molar-refractivity contribution >= 4 is 12.0 Å². The maximum atomic E-state index is 11.5. The van der Waals surface area contributed by atoms with Gasteiger partial charge in [0.1, 0.15) is 5.82 Å². The molecule has 0 fully saturated rings. The van der Waals surface area contributed by atoms with Crippen molar-refractivity contribution in [1.29, 1.82) is 0 Å². The van der Waals surface area contributed by atoms with Crippen LogP contribution in [0.1, 0.15) is 19.2 Å². The monoisotopic (exact) mass is 284 g/mol. The van der Waals surface area contributed by atoms with Crippen LogP contribution in [0.15, 0.2) is 12.4 Å². The Bertz CT molecular complexity index is 470. The number of aliphatic carboxylic acids is 1. The number of imidazole rings is 1. The van der Waals surface area contributed by atoms with Crippen LogP contribution in [0, 0.1) is 0 Å². The molecule has 0 bridgehead atoms. The van der Waals surface area contributed by atoms with E-state index in [0.717, 1.165) is 5.82 Å². The molecule has 1 unspecified atom stereocenters. The Hall–Kier alpha value is -2.09. The predicted molar refractivity (Wildman–Crippen MR) is 71.2 cm³/mol. The highest BCUT2D eigenvalue weighted by atomic mass is 16.4. The van der Waals surface area contributed by atoms with Crippen LogP contribution in [0.2, 0.25) is 0 Å². The molecule has 112 valence electrons. The molecule has 1 atom stereocenters. The summed E-state index contributed by atoms with van der Waals surface area (Å²) in [6.07, 6.45) is 3.65. The minimum Gasteiger partial charge on any atom is -0.481 e. The number of carbonyl (C=O) groups excluding carboxylic acids is 1. The highest BCUT2D eigenvalue weighted by Gasteiger charge is 2.24.